The second-order valence-corrected chi connectivity index (χ2v) is 30.9. The van der Waals surface area contributed by atoms with E-state index < -0.39 is 31.7 Å². The van der Waals surface area contributed by atoms with Gasteiger partial charge in [0, 0.05) is 17.5 Å². The second-order valence-electron chi connectivity index (χ2n) is 22.1. The Kier molecular flexibility index (Phi) is 16.4. The van der Waals surface area contributed by atoms with Gasteiger partial charge in [0.05, 0.1) is 13.2 Å². The zero-order chi connectivity index (χ0) is 59.3. The first kappa shape index (κ1) is 56.4. The van der Waals surface area contributed by atoms with Gasteiger partial charge in [0.1, 0.15) is 11.5 Å². The van der Waals surface area contributed by atoms with Gasteiger partial charge in [-0.15, -0.1) is 0 Å². The Balaban J connectivity index is 1.09. The smallest absolute Gasteiger partial charge is 0.128 e. The molecular weight excluding hydrogens is 1150 g/mol. The van der Waals surface area contributed by atoms with Crippen LogP contribution in [0.3, 0.4) is 0 Å². The van der Waals surface area contributed by atoms with Crippen LogP contribution in [0.4, 0.5) is 0 Å². The van der Waals surface area contributed by atoms with Crippen molar-refractivity contribution in [2.45, 2.75) is 6.42 Å². The van der Waals surface area contributed by atoms with Crippen LogP contribution in [0.2, 0.25) is 0 Å². The van der Waals surface area contributed by atoms with Gasteiger partial charge < -0.3 is 9.47 Å². The molecule has 0 saturated heterocycles. The molecule has 1 aliphatic heterocycles. The molecule has 1 heterocycles. The van der Waals surface area contributed by atoms with E-state index in [0.29, 0.717) is 13.2 Å². The maximum absolute atomic E-state index is 7.48. The fourth-order valence-corrected chi connectivity index (χ4v) is 22.8. The summed E-state index contributed by atoms with van der Waals surface area (Å²) in [5, 5.41) is 20.2. The van der Waals surface area contributed by atoms with Gasteiger partial charge in [0.2, 0.25) is 0 Å². The quantitative estimate of drug-likeness (QED) is 0.101. The molecule has 14 aromatic carbocycles. The minimum Gasteiger partial charge on any atom is -0.493 e. The zero-order valence-corrected chi connectivity index (χ0v) is 52.6. The first-order valence-electron chi connectivity index (χ1n) is 30.5. The van der Waals surface area contributed by atoms with Gasteiger partial charge in [-0.2, -0.15) is 0 Å². The molecule has 1 aliphatic rings. The fourth-order valence-electron chi connectivity index (χ4n) is 12.9. The van der Waals surface area contributed by atoms with Crippen LogP contribution in [0.25, 0.3) is 54.9 Å². The minimum absolute atomic E-state index is 0.494. The number of fused-ring (bicyclic) bond motifs is 5. The van der Waals surface area contributed by atoms with Crippen LogP contribution in [0, 0.1) is 0 Å². The van der Waals surface area contributed by atoms with Crippen molar-refractivity contribution in [1.82, 2.24) is 0 Å². The van der Waals surface area contributed by atoms with Crippen LogP contribution < -0.4 is 73.1 Å². The van der Waals surface area contributed by atoms with Crippen LogP contribution in [0.15, 0.2) is 340 Å². The molecule has 0 fully saturated rings. The van der Waals surface area contributed by atoms with E-state index in [1.807, 2.05) is 0 Å². The molecule has 426 valence electrons. The molecule has 0 atom stereocenters. The predicted octanol–water partition coefficient (Wildman–Crippen LogP) is 16.2. The third-order valence-corrected chi connectivity index (χ3v) is 26.6. The first-order valence-corrected chi connectivity index (χ1v) is 35.9. The topological polar surface area (TPSA) is 18.5 Å². The van der Waals surface area contributed by atoms with E-state index in [0.717, 1.165) is 40.2 Å². The van der Waals surface area contributed by atoms with E-state index in [9.17, 15) is 0 Å². The average molecular weight is 1220 g/mol. The highest BCUT2D eigenvalue weighted by Crippen LogP contribution is 2.52. The minimum atomic E-state index is -1.24. The summed E-state index contributed by atoms with van der Waals surface area (Å²) in [6.45, 7) is 1.02. The van der Waals surface area contributed by atoms with E-state index in [2.05, 4.69) is 340 Å². The summed E-state index contributed by atoms with van der Waals surface area (Å²) in [6, 6.07) is 127. The normalized spacial score (nSPS) is 12.3. The van der Waals surface area contributed by atoms with Gasteiger partial charge in [0.25, 0.3) is 0 Å². The Morgan fingerprint density at radius 2 is 0.562 bits per heavy atom. The molecule has 0 amide bonds. The molecule has 0 aliphatic carbocycles. The van der Waals surface area contributed by atoms with E-state index in [4.69, 9.17) is 9.47 Å². The van der Waals surface area contributed by atoms with E-state index >= 15 is 0 Å². The number of rotatable bonds is 14. The molecule has 14 aromatic rings. The van der Waals surface area contributed by atoms with Crippen molar-refractivity contribution in [3.8, 4) is 44.9 Å². The maximum atomic E-state index is 7.48. The summed E-state index contributed by atoms with van der Waals surface area (Å²) in [5.41, 5.74) is 7.02. The van der Waals surface area contributed by atoms with Gasteiger partial charge in [-0.1, -0.05) is 315 Å². The molecule has 6 heteroatoms. The number of hydrogen-bond acceptors (Lipinski definition) is 2. The first-order chi connectivity index (χ1) is 44.2. The molecule has 0 radical (unpaired) electrons. The van der Waals surface area contributed by atoms with Crippen LogP contribution in [0.5, 0.6) is 11.5 Å². The lowest BCUT2D eigenvalue weighted by Crippen LogP contribution is -2.27. The van der Waals surface area contributed by atoms with Crippen LogP contribution >= 0.6 is 31.7 Å². The Labute approximate surface area is 527 Å². The highest BCUT2D eigenvalue weighted by atomic mass is 31.1. The maximum Gasteiger partial charge on any atom is 0.128 e. The van der Waals surface area contributed by atoms with Crippen molar-refractivity contribution in [3.63, 3.8) is 0 Å². The average Bonchev–Trinajstić information content (AvgIpc) is 1.32. The summed E-state index contributed by atoms with van der Waals surface area (Å²) < 4.78 is 14.6. The zero-order valence-electron chi connectivity index (χ0n) is 49.1. The fraction of sp³-hybridized carbons (Fsp3) is 0.0361. The van der Waals surface area contributed by atoms with Crippen molar-refractivity contribution < 1.29 is 9.47 Å². The van der Waals surface area contributed by atoms with E-state index in [1.165, 1.54) is 96.3 Å². The second kappa shape index (κ2) is 25.9. The summed E-state index contributed by atoms with van der Waals surface area (Å²) in [6.07, 6.45) is 0.725. The van der Waals surface area contributed by atoms with Gasteiger partial charge in [0.15, 0.2) is 0 Å². The number of ether oxygens (including phenoxy) is 2. The molecule has 0 saturated carbocycles. The van der Waals surface area contributed by atoms with Crippen molar-refractivity contribution >= 4 is 117 Å². The molecule has 0 aromatic heterocycles. The van der Waals surface area contributed by atoms with Crippen molar-refractivity contribution in [2.24, 2.45) is 0 Å². The molecule has 2 nitrogen and oxygen atoms in total. The van der Waals surface area contributed by atoms with Crippen LogP contribution in [-0.4, -0.2) is 13.2 Å². The largest absolute Gasteiger partial charge is 0.493 e. The molecule has 15 rings (SSSR count). The molecule has 0 N–H and O–H groups in total. The van der Waals surface area contributed by atoms with Crippen LogP contribution in [-0.2, 0) is 0 Å². The molecule has 89 heavy (non-hydrogen) atoms. The summed E-state index contributed by atoms with van der Waals surface area (Å²) in [4.78, 5) is 0. The third-order valence-electron chi connectivity index (χ3n) is 16.7. The lowest BCUT2D eigenvalue weighted by atomic mass is 9.89. The third kappa shape index (κ3) is 11.2. The molecule has 0 spiro atoms. The summed E-state index contributed by atoms with van der Waals surface area (Å²) in [5.74, 6) is 1.74. The Hall–Kier alpha value is -9.08. The Morgan fingerprint density at radius 3 is 1.01 bits per heavy atom. The highest BCUT2D eigenvalue weighted by molar-refractivity contribution is 7.81. The van der Waals surface area contributed by atoms with Crippen molar-refractivity contribution in [1.29, 1.82) is 0 Å². The van der Waals surface area contributed by atoms with Gasteiger partial charge in [-0.25, -0.2) is 0 Å². The van der Waals surface area contributed by atoms with Gasteiger partial charge in [-0.05, 0) is 163 Å². The summed E-state index contributed by atoms with van der Waals surface area (Å²) >= 11 is 0. The van der Waals surface area contributed by atoms with Gasteiger partial charge >= 0.3 is 0 Å². The SMILES string of the molecule is c1ccc(P(c2ccccc2)c2cccc3c2-c2c(cc(-c4cc(P(c5ccccc5)c5ccccc5)c(-c5c(P(c6ccccc6)c6ccccc6)ccc6ccccc56)c5ccccc45)cc2P(c2ccccc2)c2ccccc2)OCCCO3)cc1. The van der Waals surface area contributed by atoms with Gasteiger partial charge in [-0.3, -0.25) is 0 Å². The lowest BCUT2D eigenvalue weighted by molar-refractivity contribution is 0.252. The monoisotopic (exact) mass is 1210 g/mol. The van der Waals surface area contributed by atoms with E-state index in [1.54, 1.807) is 0 Å². The molecule has 0 unspecified atom stereocenters. The standard InChI is InChI=1S/C83H62O2P4/c1-9-32-62(33-10-1)86(63-34-11-2-12-35-63)76-52-29-51-74-82(76)83-75(85-56-30-55-84-74)57-61(58-78(83)88(66-40-17-5-18-41-66)67-42-19-6-20-43-67)73-59-79(89(68-44-21-7-22-45-68)69-46-23-8-24-47-69)81(72-50-28-27-49-71(72)73)80-70-48-26-25-31-60(70)53-54-77(80)87(64-36-13-3-14-37-64)65-38-15-4-16-39-65/h1-29,31-54,57-59H,30,55-56H2. The number of hydrogen-bond donors (Lipinski definition) is 0. The van der Waals surface area contributed by atoms with Crippen molar-refractivity contribution in [2.75, 3.05) is 13.2 Å². The summed E-state index contributed by atoms with van der Waals surface area (Å²) in [7, 11) is -4.58. The highest BCUT2D eigenvalue weighted by Gasteiger charge is 2.34. The van der Waals surface area contributed by atoms with E-state index in [-0.39, 0.29) is 0 Å². The molecular formula is C83H62O2P4. The predicted molar refractivity (Wildman–Crippen MR) is 388 cm³/mol. The Morgan fingerprint density at radius 1 is 0.225 bits per heavy atom. The Bertz CT molecular complexity index is 4590. The molecule has 0 bridgehead atoms. The van der Waals surface area contributed by atoms with Crippen LogP contribution in [0.1, 0.15) is 6.42 Å². The lowest BCUT2D eigenvalue weighted by Gasteiger charge is -2.30. The number of benzene rings is 14. The van der Waals surface area contributed by atoms with Crippen molar-refractivity contribution in [3.05, 3.63) is 340 Å².